The van der Waals surface area contributed by atoms with Crippen LogP contribution in [-0.4, -0.2) is 20.3 Å². The van der Waals surface area contributed by atoms with Crippen LogP contribution in [0.4, 0.5) is 11.5 Å². The molecule has 0 unspecified atom stereocenters. The van der Waals surface area contributed by atoms with E-state index < -0.39 is 0 Å². The van der Waals surface area contributed by atoms with E-state index in [9.17, 15) is 4.79 Å². The van der Waals surface area contributed by atoms with Gasteiger partial charge in [-0.15, -0.1) is 0 Å². The Morgan fingerprint density at radius 1 is 1.24 bits per heavy atom. The predicted molar refractivity (Wildman–Crippen MR) is 99.5 cm³/mol. The molecule has 0 radical (unpaired) electrons. The molecule has 0 saturated heterocycles. The van der Waals surface area contributed by atoms with Crippen molar-refractivity contribution in [3.05, 3.63) is 65.2 Å². The summed E-state index contributed by atoms with van der Waals surface area (Å²) in [4.78, 5) is 20.9. The van der Waals surface area contributed by atoms with E-state index in [4.69, 9.17) is 5.73 Å². The molecule has 4 aromatic rings. The minimum absolute atomic E-state index is 0.0810. The van der Waals surface area contributed by atoms with Crippen LogP contribution in [0, 0.1) is 0 Å². The van der Waals surface area contributed by atoms with Crippen LogP contribution in [0.25, 0.3) is 16.9 Å². The van der Waals surface area contributed by atoms with Gasteiger partial charge in [0.15, 0.2) is 5.65 Å². The lowest BCUT2D eigenvalue weighted by Gasteiger charge is -2.07. The van der Waals surface area contributed by atoms with Crippen molar-refractivity contribution in [2.45, 2.75) is 6.42 Å². The van der Waals surface area contributed by atoms with Crippen molar-refractivity contribution in [2.75, 3.05) is 11.1 Å². The molecule has 6 nitrogen and oxygen atoms in total. The average molecular weight is 349 g/mol. The lowest BCUT2D eigenvalue weighted by Crippen LogP contribution is -2.15. The molecule has 1 aromatic carbocycles. The Balaban J connectivity index is 1.63. The second kappa shape index (κ2) is 6.37. The monoisotopic (exact) mass is 349 g/mol. The standard InChI is InChI=1S/C18H15N5OS/c19-14-3-1-2-13(7-14)15-10-23-16(8-20-15)21-9-17(23)22-18(24)6-12-4-5-25-11-12/h1-5,7-11H,6,19H2,(H,22,24). The predicted octanol–water partition coefficient (Wildman–Crippen LogP) is 3.22. The number of nitrogen functional groups attached to an aromatic ring is 1. The summed E-state index contributed by atoms with van der Waals surface area (Å²) in [6, 6.07) is 9.46. The molecule has 7 heteroatoms. The summed E-state index contributed by atoms with van der Waals surface area (Å²) in [6.07, 6.45) is 5.49. The van der Waals surface area contributed by atoms with Crippen molar-refractivity contribution in [3.63, 3.8) is 0 Å². The molecular formula is C18H15N5OS. The van der Waals surface area contributed by atoms with Gasteiger partial charge in [0.25, 0.3) is 0 Å². The van der Waals surface area contributed by atoms with Crippen LogP contribution in [0.5, 0.6) is 0 Å². The SMILES string of the molecule is Nc1cccc(-c2cn3c(NC(=O)Cc4ccsc4)cnc3cn2)c1. The van der Waals surface area contributed by atoms with Crippen LogP contribution in [0.2, 0.25) is 0 Å². The summed E-state index contributed by atoms with van der Waals surface area (Å²) in [5, 5.41) is 6.83. The van der Waals surface area contributed by atoms with Gasteiger partial charge >= 0.3 is 0 Å². The molecule has 1 amide bonds. The Labute approximate surface area is 148 Å². The number of anilines is 2. The van der Waals surface area contributed by atoms with Crippen molar-refractivity contribution in [3.8, 4) is 11.3 Å². The van der Waals surface area contributed by atoms with E-state index in [1.807, 2.05) is 51.7 Å². The van der Waals surface area contributed by atoms with Gasteiger partial charge < -0.3 is 11.1 Å². The number of rotatable bonds is 4. The molecule has 3 heterocycles. The van der Waals surface area contributed by atoms with Gasteiger partial charge in [0.05, 0.1) is 24.5 Å². The van der Waals surface area contributed by atoms with Crippen LogP contribution < -0.4 is 11.1 Å². The van der Waals surface area contributed by atoms with Gasteiger partial charge in [0.1, 0.15) is 5.82 Å². The number of nitrogens with two attached hydrogens (primary N) is 1. The third-order valence-corrected chi connectivity index (χ3v) is 4.52. The van der Waals surface area contributed by atoms with Crippen LogP contribution >= 0.6 is 11.3 Å². The fourth-order valence-electron chi connectivity index (χ4n) is 2.59. The van der Waals surface area contributed by atoms with Gasteiger partial charge in [-0.2, -0.15) is 11.3 Å². The second-order valence-electron chi connectivity index (χ2n) is 5.63. The van der Waals surface area contributed by atoms with Crippen molar-refractivity contribution in [1.29, 1.82) is 0 Å². The van der Waals surface area contributed by atoms with Gasteiger partial charge in [0, 0.05) is 17.4 Å². The number of nitrogens with zero attached hydrogens (tertiary/aromatic N) is 3. The Morgan fingerprint density at radius 3 is 2.96 bits per heavy atom. The van der Waals surface area contributed by atoms with Gasteiger partial charge in [-0.05, 0) is 34.5 Å². The summed E-state index contributed by atoms with van der Waals surface area (Å²) in [5.74, 6) is 0.533. The number of benzene rings is 1. The first-order chi connectivity index (χ1) is 12.2. The zero-order valence-corrected chi connectivity index (χ0v) is 14.0. The highest BCUT2D eigenvalue weighted by Crippen LogP contribution is 2.21. The molecule has 124 valence electrons. The highest BCUT2D eigenvalue weighted by atomic mass is 32.1. The number of hydrogen-bond acceptors (Lipinski definition) is 5. The molecule has 0 bridgehead atoms. The molecule has 3 N–H and O–H groups in total. The first-order valence-electron chi connectivity index (χ1n) is 7.69. The lowest BCUT2D eigenvalue weighted by atomic mass is 10.1. The minimum atomic E-state index is -0.0810. The van der Waals surface area contributed by atoms with Crippen molar-refractivity contribution in [2.24, 2.45) is 0 Å². The maximum Gasteiger partial charge on any atom is 0.229 e. The first kappa shape index (κ1) is 15.3. The second-order valence-corrected chi connectivity index (χ2v) is 6.41. The van der Waals surface area contributed by atoms with Crippen LogP contribution in [0.3, 0.4) is 0 Å². The largest absolute Gasteiger partial charge is 0.399 e. The molecule has 4 rings (SSSR count). The fourth-order valence-corrected chi connectivity index (χ4v) is 3.26. The van der Waals surface area contributed by atoms with E-state index in [1.54, 1.807) is 23.7 Å². The van der Waals surface area contributed by atoms with Crippen LogP contribution in [-0.2, 0) is 11.2 Å². The Kier molecular flexibility index (Phi) is 3.91. The third kappa shape index (κ3) is 3.22. The normalized spacial score (nSPS) is 10.9. The van der Waals surface area contributed by atoms with Crippen LogP contribution in [0.15, 0.2) is 59.7 Å². The number of amides is 1. The number of fused-ring (bicyclic) bond motifs is 1. The maximum absolute atomic E-state index is 12.2. The summed E-state index contributed by atoms with van der Waals surface area (Å²) in [6.45, 7) is 0. The van der Waals surface area contributed by atoms with Crippen molar-refractivity contribution >= 4 is 34.4 Å². The van der Waals surface area contributed by atoms with Gasteiger partial charge in [-0.1, -0.05) is 12.1 Å². The molecule has 3 aromatic heterocycles. The highest BCUT2D eigenvalue weighted by Gasteiger charge is 2.10. The molecule has 0 atom stereocenters. The highest BCUT2D eigenvalue weighted by molar-refractivity contribution is 7.08. The number of aromatic nitrogens is 3. The van der Waals surface area contributed by atoms with Crippen molar-refractivity contribution in [1.82, 2.24) is 14.4 Å². The zero-order valence-electron chi connectivity index (χ0n) is 13.2. The summed E-state index contributed by atoms with van der Waals surface area (Å²) >= 11 is 1.58. The number of carbonyl (C=O) groups is 1. The molecule has 25 heavy (non-hydrogen) atoms. The van der Waals surface area contributed by atoms with E-state index in [-0.39, 0.29) is 5.91 Å². The average Bonchev–Trinajstić information content (AvgIpc) is 3.25. The third-order valence-electron chi connectivity index (χ3n) is 3.79. The van der Waals surface area contributed by atoms with E-state index in [2.05, 4.69) is 15.3 Å². The number of imidazole rings is 1. The van der Waals surface area contributed by atoms with Crippen molar-refractivity contribution < 1.29 is 4.79 Å². The number of carbonyl (C=O) groups excluding carboxylic acids is 1. The summed E-state index contributed by atoms with van der Waals surface area (Å²) in [5.41, 5.74) is 9.85. The maximum atomic E-state index is 12.2. The minimum Gasteiger partial charge on any atom is -0.399 e. The topological polar surface area (TPSA) is 85.3 Å². The van der Waals surface area contributed by atoms with Gasteiger partial charge in [-0.3, -0.25) is 14.2 Å². The Hall–Kier alpha value is -3.19. The van der Waals surface area contributed by atoms with Gasteiger partial charge in [0.2, 0.25) is 5.91 Å². The van der Waals surface area contributed by atoms with E-state index in [0.717, 1.165) is 16.8 Å². The molecule has 0 saturated carbocycles. The molecular weight excluding hydrogens is 334 g/mol. The summed E-state index contributed by atoms with van der Waals surface area (Å²) in [7, 11) is 0. The number of thiophene rings is 1. The number of hydrogen-bond donors (Lipinski definition) is 2. The van der Waals surface area contributed by atoms with E-state index >= 15 is 0 Å². The summed E-state index contributed by atoms with van der Waals surface area (Å²) < 4.78 is 1.82. The molecule has 0 aliphatic heterocycles. The van der Waals surface area contributed by atoms with E-state index in [1.165, 1.54) is 0 Å². The quantitative estimate of drug-likeness (QED) is 0.554. The molecule has 0 aliphatic carbocycles. The molecule has 0 spiro atoms. The molecule has 0 fully saturated rings. The smallest absolute Gasteiger partial charge is 0.229 e. The van der Waals surface area contributed by atoms with Crippen LogP contribution in [0.1, 0.15) is 5.56 Å². The zero-order chi connectivity index (χ0) is 17.2. The molecule has 0 aliphatic rings. The van der Waals surface area contributed by atoms with Gasteiger partial charge in [-0.25, -0.2) is 4.98 Å². The fraction of sp³-hybridized carbons (Fsp3) is 0.0556. The number of nitrogens with one attached hydrogen (secondary N) is 1. The first-order valence-corrected chi connectivity index (χ1v) is 8.63. The Bertz CT molecular complexity index is 1040. The van der Waals surface area contributed by atoms with E-state index in [0.29, 0.717) is 23.6 Å². The lowest BCUT2D eigenvalue weighted by molar-refractivity contribution is -0.115. The Morgan fingerprint density at radius 2 is 2.16 bits per heavy atom.